The second kappa shape index (κ2) is 14.9. The van der Waals surface area contributed by atoms with Crippen molar-refractivity contribution in [3.05, 3.63) is 35.4 Å². The van der Waals surface area contributed by atoms with Crippen LogP contribution < -0.4 is 24.3 Å². The Bertz CT molecular complexity index is 1020. The van der Waals surface area contributed by atoms with Gasteiger partial charge in [0.2, 0.25) is 0 Å². The summed E-state index contributed by atoms with van der Waals surface area (Å²) in [6, 6.07) is 6.10. The summed E-state index contributed by atoms with van der Waals surface area (Å²) >= 11 is 0. The molecule has 36 heavy (non-hydrogen) atoms. The number of hydrogen-bond donors (Lipinski definition) is 2. The summed E-state index contributed by atoms with van der Waals surface area (Å²) < 4.78 is 22.0. The molecule has 0 aliphatic carbocycles. The zero-order valence-corrected chi connectivity index (χ0v) is 22.1. The first kappa shape index (κ1) is 28.8. The van der Waals surface area contributed by atoms with Gasteiger partial charge >= 0.3 is 5.97 Å². The number of rotatable bonds is 16. The van der Waals surface area contributed by atoms with Crippen LogP contribution in [0.5, 0.6) is 23.0 Å². The predicted octanol–water partition coefficient (Wildman–Crippen LogP) is 5.96. The molecule has 0 spiro atoms. The number of ether oxygens (including phenoxy) is 4. The highest BCUT2D eigenvalue weighted by Gasteiger charge is 2.23. The van der Waals surface area contributed by atoms with Crippen molar-refractivity contribution in [2.45, 2.75) is 58.3 Å². The monoisotopic (exact) mass is 501 g/mol. The highest BCUT2D eigenvalue weighted by atomic mass is 16.5. The Balaban J connectivity index is 2.29. The lowest BCUT2D eigenvalue weighted by molar-refractivity contribution is 0.0696. The third-order valence-corrected chi connectivity index (χ3v) is 6.07. The van der Waals surface area contributed by atoms with Gasteiger partial charge in [0.1, 0.15) is 0 Å². The molecular formula is C28H39NO7. The molecule has 1 amide bonds. The van der Waals surface area contributed by atoms with Crippen LogP contribution in [0.1, 0.15) is 79.0 Å². The lowest BCUT2D eigenvalue weighted by Gasteiger charge is -2.19. The number of benzene rings is 2. The quantitative estimate of drug-likeness (QED) is 0.274. The van der Waals surface area contributed by atoms with E-state index in [4.69, 9.17) is 18.9 Å². The predicted molar refractivity (Wildman–Crippen MR) is 140 cm³/mol. The second-order valence-electron chi connectivity index (χ2n) is 8.55. The number of carbonyl (C=O) groups is 2. The van der Waals surface area contributed by atoms with Gasteiger partial charge in [-0.15, -0.1) is 0 Å². The summed E-state index contributed by atoms with van der Waals surface area (Å²) in [6.45, 7) is 2.79. The Kier molecular flexibility index (Phi) is 11.9. The van der Waals surface area contributed by atoms with Gasteiger partial charge in [-0.3, -0.25) is 4.79 Å². The van der Waals surface area contributed by atoms with Crippen LogP contribution in [-0.4, -0.2) is 52.0 Å². The maximum atomic E-state index is 13.0. The summed E-state index contributed by atoms with van der Waals surface area (Å²) in [5, 5.41) is 12.6. The van der Waals surface area contributed by atoms with E-state index in [1.165, 1.54) is 79.1 Å². The van der Waals surface area contributed by atoms with Gasteiger partial charge in [0, 0.05) is 23.2 Å². The van der Waals surface area contributed by atoms with Crippen LogP contribution in [-0.2, 0) is 0 Å². The average Bonchev–Trinajstić information content (AvgIpc) is 2.90. The normalized spacial score (nSPS) is 10.6. The highest BCUT2D eigenvalue weighted by molar-refractivity contribution is 5.98. The number of methoxy groups -OCH3 is 4. The summed E-state index contributed by atoms with van der Waals surface area (Å²) in [7, 11) is 5.86. The average molecular weight is 502 g/mol. The van der Waals surface area contributed by atoms with Crippen LogP contribution in [0.4, 0.5) is 0 Å². The van der Waals surface area contributed by atoms with Crippen LogP contribution in [0.3, 0.4) is 0 Å². The van der Waals surface area contributed by atoms with Crippen molar-refractivity contribution in [3.8, 4) is 34.1 Å². The minimum atomic E-state index is -1.12. The number of nitrogens with one attached hydrogen (secondary N) is 1. The van der Waals surface area contributed by atoms with Crippen molar-refractivity contribution in [2.75, 3.05) is 35.0 Å². The van der Waals surface area contributed by atoms with Gasteiger partial charge in [-0.2, -0.15) is 0 Å². The fraction of sp³-hybridized carbons (Fsp3) is 0.500. The number of carboxylic acids is 1. The van der Waals surface area contributed by atoms with Crippen molar-refractivity contribution in [3.63, 3.8) is 0 Å². The molecule has 0 bridgehead atoms. The van der Waals surface area contributed by atoms with Gasteiger partial charge in [-0.05, 0) is 30.7 Å². The topological polar surface area (TPSA) is 103 Å². The molecule has 0 aliphatic heterocycles. The smallest absolute Gasteiger partial charge is 0.335 e. The molecule has 2 rings (SSSR count). The maximum absolute atomic E-state index is 13.0. The Hall–Kier alpha value is -3.42. The molecule has 8 nitrogen and oxygen atoms in total. The van der Waals surface area contributed by atoms with E-state index < -0.39 is 5.97 Å². The third-order valence-electron chi connectivity index (χ3n) is 6.07. The Morgan fingerprint density at radius 2 is 1.17 bits per heavy atom. The van der Waals surface area contributed by atoms with Gasteiger partial charge in [0.25, 0.3) is 5.91 Å². The fourth-order valence-electron chi connectivity index (χ4n) is 4.15. The molecule has 0 atom stereocenters. The maximum Gasteiger partial charge on any atom is 0.335 e. The first-order chi connectivity index (χ1) is 17.4. The zero-order valence-electron chi connectivity index (χ0n) is 22.1. The first-order valence-corrected chi connectivity index (χ1v) is 12.5. The molecule has 2 aromatic rings. The van der Waals surface area contributed by atoms with Gasteiger partial charge in [0.15, 0.2) is 23.0 Å². The largest absolute Gasteiger partial charge is 0.493 e. The Labute approximate surface area is 213 Å². The van der Waals surface area contributed by atoms with Gasteiger partial charge in [-0.1, -0.05) is 51.9 Å². The molecular weight excluding hydrogens is 462 g/mol. The van der Waals surface area contributed by atoms with Crippen molar-refractivity contribution >= 4 is 11.9 Å². The van der Waals surface area contributed by atoms with Crippen LogP contribution in [0.2, 0.25) is 0 Å². The summed E-state index contributed by atoms with van der Waals surface area (Å²) in [4.78, 5) is 24.7. The van der Waals surface area contributed by atoms with Crippen LogP contribution in [0.25, 0.3) is 11.1 Å². The zero-order chi connectivity index (χ0) is 26.5. The van der Waals surface area contributed by atoms with E-state index in [0.717, 1.165) is 12.8 Å². The minimum Gasteiger partial charge on any atom is -0.493 e. The number of amides is 1. The number of carboxylic acid groups (broad SMARTS) is 1. The van der Waals surface area contributed by atoms with Crippen LogP contribution in [0.15, 0.2) is 24.3 Å². The SMILES string of the molecule is CCCCCCCCCCNC(=O)c1cc(OC)c(OC)c(-c2cc(C(=O)O)cc(OC)c2OC)c1. The number of carbonyl (C=O) groups excluding carboxylic acids is 1. The molecule has 2 N–H and O–H groups in total. The van der Waals surface area contributed by atoms with Crippen LogP contribution in [0, 0.1) is 0 Å². The van der Waals surface area contributed by atoms with Gasteiger partial charge < -0.3 is 29.4 Å². The first-order valence-electron chi connectivity index (χ1n) is 12.5. The van der Waals surface area contributed by atoms with Crippen molar-refractivity contribution in [1.82, 2.24) is 5.32 Å². The van der Waals surface area contributed by atoms with Crippen molar-refractivity contribution in [2.24, 2.45) is 0 Å². The van der Waals surface area contributed by atoms with E-state index in [1.54, 1.807) is 12.1 Å². The molecule has 2 aromatic carbocycles. The molecule has 198 valence electrons. The van der Waals surface area contributed by atoms with E-state index in [1.807, 2.05) is 0 Å². The fourth-order valence-corrected chi connectivity index (χ4v) is 4.15. The van der Waals surface area contributed by atoms with Gasteiger partial charge in [0.05, 0.1) is 34.0 Å². The summed E-state index contributed by atoms with van der Waals surface area (Å²) in [5.74, 6) is -0.117. The van der Waals surface area contributed by atoms with E-state index in [0.29, 0.717) is 40.5 Å². The molecule has 0 fully saturated rings. The molecule has 0 heterocycles. The second-order valence-corrected chi connectivity index (χ2v) is 8.55. The molecule has 0 aromatic heterocycles. The minimum absolute atomic E-state index is 0.00761. The standard InChI is InChI=1S/C28H39NO7/c1-6-7-8-9-10-11-12-13-14-29-27(30)19-15-21(25(35-4)23(17-19)33-2)22-16-20(28(31)32)18-24(34-3)26(22)36-5/h15-18H,6-14H2,1-5H3,(H,29,30)(H,31,32). The number of aromatic carboxylic acids is 1. The molecule has 0 saturated heterocycles. The van der Waals surface area contributed by atoms with E-state index in [2.05, 4.69) is 12.2 Å². The number of unbranched alkanes of at least 4 members (excludes halogenated alkanes) is 7. The van der Waals surface area contributed by atoms with Crippen molar-refractivity contribution in [1.29, 1.82) is 0 Å². The number of hydrogen-bond acceptors (Lipinski definition) is 6. The molecule has 8 heteroatoms. The molecule has 0 radical (unpaired) electrons. The van der Waals surface area contributed by atoms with E-state index >= 15 is 0 Å². The molecule has 0 unspecified atom stereocenters. The Morgan fingerprint density at radius 3 is 1.64 bits per heavy atom. The molecule has 0 saturated carbocycles. The Morgan fingerprint density at radius 1 is 0.694 bits per heavy atom. The van der Waals surface area contributed by atoms with Crippen LogP contribution >= 0.6 is 0 Å². The van der Waals surface area contributed by atoms with Gasteiger partial charge in [-0.25, -0.2) is 4.79 Å². The van der Waals surface area contributed by atoms with Crippen molar-refractivity contribution < 1.29 is 33.6 Å². The summed E-state index contributed by atoms with van der Waals surface area (Å²) in [5.41, 5.74) is 1.23. The highest BCUT2D eigenvalue weighted by Crippen LogP contribution is 2.46. The van der Waals surface area contributed by atoms with E-state index in [9.17, 15) is 14.7 Å². The summed E-state index contributed by atoms with van der Waals surface area (Å²) in [6.07, 6.45) is 9.48. The van der Waals surface area contributed by atoms with E-state index in [-0.39, 0.29) is 17.2 Å². The molecule has 0 aliphatic rings. The lowest BCUT2D eigenvalue weighted by Crippen LogP contribution is -2.24. The lowest BCUT2D eigenvalue weighted by atomic mass is 9.97. The third kappa shape index (κ3) is 7.54.